The number of fused-ring (bicyclic) bond motifs is 1. The third-order valence-corrected chi connectivity index (χ3v) is 7.95. The number of rotatable bonds is 9. The van der Waals surface area contributed by atoms with E-state index in [4.69, 9.17) is 14.2 Å². The number of hydrogen-bond acceptors (Lipinski definition) is 7. The topological polar surface area (TPSA) is 114 Å². The minimum absolute atomic E-state index is 0.0140. The number of amides is 3. The van der Waals surface area contributed by atoms with Crippen LogP contribution in [-0.2, 0) is 11.0 Å². The molecule has 3 amide bonds. The van der Waals surface area contributed by atoms with E-state index in [2.05, 4.69) is 20.9 Å². The number of pyridine rings is 1. The van der Waals surface area contributed by atoms with E-state index in [0.29, 0.717) is 71.9 Å². The summed E-state index contributed by atoms with van der Waals surface area (Å²) in [7, 11) is 3.07. The molecule has 2 heterocycles. The molecule has 0 bridgehead atoms. The first kappa shape index (κ1) is 33.2. The smallest absolute Gasteiger partial charge is 0.418 e. The molecule has 4 aromatic rings. The van der Waals surface area contributed by atoms with Gasteiger partial charge in [0.15, 0.2) is 11.5 Å². The van der Waals surface area contributed by atoms with Crippen LogP contribution in [0.4, 0.5) is 35.0 Å². The van der Waals surface area contributed by atoms with Gasteiger partial charge in [0.1, 0.15) is 11.5 Å². The molecule has 1 fully saturated rings. The molecule has 47 heavy (non-hydrogen) atoms. The third kappa shape index (κ3) is 7.79. The molecular formula is C34H36F3N5O5. The first-order chi connectivity index (χ1) is 22.5. The SMILES string of the molecule is CCC(=O)NC1CCN(c2ccc(NC(=O)Nc3ccc(C)c(Oc4ccnc5cc(OC)c(OC)cc45)c3)cc2C(F)(F)F)CC1. The Labute approximate surface area is 270 Å². The molecule has 0 radical (unpaired) electrons. The van der Waals surface area contributed by atoms with Crippen molar-refractivity contribution in [1.29, 1.82) is 0 Å². The molecule has 1 aliphatic heterocycles. The molecule has 3 aromatic carbocycles. The highest BCUT2D eigenvalue weighted by Gasteiger charge is 2.36. The predicted octanol–water partition coefficient (Wildman–Crippen LogP) is 7.51. The normalized spacial score (nSPS) is 13.6. The van der Waals surface area contributed by atoms with Crippen molar-refractivity contribution < 1.29 is 37.0 Å². The number of halogens is 3. The fourth-order valence-electron chi connectivity index (χ4n) is 5.45. The van der Waals surface area contributed by atoms with Crippen LogP contribution in [0.15, 0.2) is 60.8 Å². The van der Waals surface area contributed by atoms with Crippen LogP contribution in [-0.4, -0.2) is 50.3 Å². The number of methoxy groups -OCH3 is 2. The van der Waals surface area contributed by atoms with E-state index in [0.717, 1.165) is 11.6 Å². The van der Waals surface area contributed by atoms with Crippen LogP contribution in [0.5, 0.6) is 23.0 Å². The van der Waals surface area contributed by atoms with Gasteiger partial charge in [-0.25, -0.2) is 4.79 Å². The zero-order valence-corrected chi connectivity index (χ0v) is 26.5. The maximum absolute atomic E-state index is 14.2. The molecule has 0 aliphatic carbocycles. The molecule has 1 saturated heterocycles. The molecule has 248 valence electrons. The minimum Gasteiger partial charge on any atom is -0.493 e. The number of urea groups is 1. The molecule has 1 aromatic heterocycles. The van der Waals surface area contributed by atoms with Crippen LogP contribution in [0.3, 0.4) is 0 Å². The number of aromatic nitrogens is 1. The Morgan fingerprint density at radius 2 is 1.55 bits per heavy atom. The van der Waals surface area contributed by atoms with E-state index >= 15 is 0 Å². The number of ether oxygens (including phenoxy) is 3. The number of piperidine rings is 1. The molecule has 0 saturated carbocycles. The van der Waals surface area contributed by atoms with Crippen LogP contribution in [0, 0.1) is 6.92 Å². The van der Waals surface area contributed by atoms with Gasteiger partial charge in [-0.15, -0.1) is 0 Å². The summed E-state index contributed by atoms with van der Waals surface area (Å²) in [6.07, 6.45) is -1.62. The van der Waals surface area contributed by atoms with Gasteiger partial charge in [-0.2, -0.15) is 13.2 Å². The van der Waals surface area contributed by atoms with Crippen molar-refractivity contribution >= 4 is 39.9 Å². The number of nitrogens with one attached hydrogen (secondary N) is 3. The van der Waals surface area contributed by atoms with Crippen LogP contribution < -0.4 is 35.1 Å². The standard InChI is InChI=1S/C34H36F3N5O5/c1-5-32(43)39-21-11-14-42(15-12-21)27-9-8-22(16-25(27)34(35,36)37)40-33(44)41-23-7-6-20(2)29(17-23)47-28-10-13-38-26-19-31(46-4)30(45-3)18-24(26)28/h6-10,13,16-19,21H,5,11-12,14-15H2,1-4H3,(H,39,43)(H2,40,41,44). The Morgan fingerprint density at radius 1 is 0.894 bits per heavy atom. The Morgan fingerprint density at radius 3 is 2.21 bits per heavy atom. The van der Waals surface area contributed by atoms with Crippen molar-refractivity contribution in [2.45, 2.75) is 45.3 Å². The van der Waals surface area contributed by atoms with Crippen LogP contribution in [0.1, 0.15) is 37.3 Å². The van der Waals surface area contributed by atoms with Crippen molar-refractivity contribution in [3.8, 4) is 23.0 Å². The van der Waals surface area contributed by atoms with Gasteiger partial charge in [0, 0.05) is 66.3 Å². The van der Waals surface area contributed by atoms with Crippen LogP contribution in [0.25, 0.3) is 10.9 Å². The van der Waals surface area contributed by atoms with E-state index in [1.165, 1.54) is 26.4 Å². The molecule has 0 atom stereocenters. The summed E-state index contributed by atoms with van der Waals surface area (Å²) in [5, 5.41) is 8.77. The highest BCUT2D eigenvalue weighted by molar-refractivity contribution is 6.00. The highest BCUT2D eigenvalue weighted by atomic mass is 19.4. The summed E-state index contributed by atoms with van der Waals surface area (Å²) in [6.45, 7) is 4.32. The summed E-state index contributed by atoms with van der Waals surface area (Å²) in [5.41, 5.74) is 0.940. The zero-order chi connectivity index (χ0) is 33.7. The third-order valence-electron chi connectivity index (χ3n) is 7.95. The van der Waals surface area contributed by atoms with E-state index < -0.39 is 17.8 Å². The average molecular weight is 652 g/mol. The summed E-state index contributed by atoms with van der Waals surface area (Å²) in [6, 6.07) is 13.2. The van der Waals surface area contributed by atoms with Gasteiger partial charge in [-0.3, -0.25) is 9.78 Å². The van der Waals surface area contributed by atoms with E-state index in [-0.39, 0.29) is 23.3 Å². The van der Waals surface area contributed by atoms with E-state index in [1.807, 2.05) is 6.92 Å². The number of carbonyl (C=O) groups is 2. The lowest BCUT2D eigenvalue weighted by Gasteiger charge is -2.35. The molecular weight excluding hydrogens is 615 g/mol. The summed E-state index contributed by atoms with van der Waals surface area (Å²) in [4.78, 5) is 30.7. The number of anilines is 3. The van der Waals surface area contributed by atoms with Crippen molar-refractivity contribution in [3.05, 3.63) is 71.9 Å². The van der Waals surface area contributed by atoms with Crippen molar-refractivity contribution in [3.63, 3.8) is 0 Å². The van der Waals surface area contributed by atoms with Gasteiger partial charge in [-0.05, 0) is 61.7 Å². The first-order valence-corrected chi connectivity index (χ1v) is 15.1. The number of hydrogen-bond donors (Lipinski definition) is 3. The lowest BCUT2D eigenvalue weighted by Crippen LogP contribution is -2.45. The van der Waals surface area contributed by atoms with Gasteiger partial charge in [-0.1, -0.05) is 13.0 Å². The van der Waals surface area contributed by atoms with Gasteiger partial charge in [0.05, 0.1) is 25.3 Å². The Balaban J connectivity index is 1.29. The second-order valence-electron chi connectivity index (χ2n) is 11.1. The predicted molar refractivity (Wildman–Crippen MR) is 174 cm³/mol. The quantitative estimate of drug-likeness (QED) is 0.172. The summed E-state index contributed by atoms with van der Waals surface area (Å²) in [5.74, 6) is 1.90. The summed E-state index contributed by atoms with van der Waals surface area (Å²) >= 11 is 0. The van der Waals surface area contributed by atoms with Gasteiger partial charge >= 0.3 is 12.2 Å². The van der Waals surface area contributed by atoms with Crippen LogP contribution >= 0.6 is 0 Å². The van der Waals surface area contributed by atoms with Crippen LogP contribution in [0.2, 0.25) is 0 Å². The zero-order valence-electron chi connectivity index (χ0n) is 26.5. The highest BCUT2D eigenvalue weighted by Crippen LogP contribution is 2.40. The lowest BCUT2D eigenvalue weighted by molar-refractivity contribution is -0.137. The van der Waals surface area contributed by atoms with Gasteiger partial charge in [0.2, 0.25) is 5.91 Å². The minimum atomic E-state index is -4.65. The maximum Gasteiger partial charge on any atom is 0.418 e. The summed E-state index contributed by atoms with van der Waals surface area (Å²) < 4.78 is 59.5. The van der Waals surface area contributed by atoms with E-state index in [1.54, 1.807) is 54.4 Å². The Bertz CT molecular complexity index is 1770. The largest absolute Gasteiger partial charge is 0.493 e. The number of carbonyl (C=O) groups excluding carboxylic acids is 2. The lowest BCUT2D eigenvalue weighted by atomic mass is 10.0. The number of benzene rings is 3. The number of alkyl halides is 3. The molecule has 10 nitrogen and oxygen atoms in total. The molecule has 3 N–H and O–H groups in total. The van der Waals surface area contributed by atoms with Crippen molar-refractivity contribution in [1.82, 2.24) is 10.3 Å². The van der Waals surface area contributed by atoms with Crippen molar-refractivity contribution in [2.24, 2.45) is 0 Å². The second-order valence-corrected chi connectivity index (χ2v) is 11.1. The first-order valence-electron chi connectivity index (χ1n) is 15.1. The fourth-order valence-corrected chi connectivity index (χ4v) is 5.45. The van der Waals surface area contributed by atoms with Gasteiger partial charge < -0.3 is 35.1 Å². The molecule has 5 rings (SSSR count). The van der Waals surface area contributed by atoms with Crippen molar-refractivity contribution in [2.75, 3.05) is 42.8 Å². The fraction of sp³-hybridized carbons (Fsp3) is 0.324. The molecule has 13 heteroatoms. The second kappa shape index (κ2) is 14.1. The average Bonchev–Trinajstić information content (AvgIpc) is 3.05. The number of nitrogens with zero attached hydrogens (tertiary/aromatic N) is 2. The molecule has 0 unspecified atom stereocenters. The molecule has 0 spiro atoms. The molecule has 1 aliphatic rings. The maximum atomic E-state index is 14.2. The monoisotopic (exact) mass is 651 g/mol. The Kier molecular flexibility index (Phi) is 9.92. The Hall–Kier alpha value is -5.20. The van der Waals surface area contributed by atoms with Gasteiger partial charge in [0.25, 0.3) is 0 Å². The van der Waals surface area contributed by atoms with E-state index in [9.17, 15) is 22.8 Å². The number of aryl methyl sites for hydroxylation is 1.